The van der Waals surface area contributed by atoms with E-state index in [1.807, 2.05) is 68.4 Å². The number of nitrogens with one attached hydrogen (secondary N) is 1. The molecule has 0 bridgehead atoms. The first-order valence-electron chi connectivity index (χ1n) is 15.3. The standard InChI is InChI=1S/C36H40ClN3O4S/c1-3-5-24-38-36(42)34(25-28-16-8-6-9-17-28)39(26-30-19-12-14-22-32(30)37)35(41)27-40(33-23-15-13-18-29(33)4-2)45(43,44)31-20-10-7-11-21-31/h6-23,34H,3-5,24-27H2,1-2H3,(H,38,42)/t34-/m1/s1. The van der Waals surface area contributed by atoms with E-state index in [1.165, 1.54) is 17.0 Å². The van der Waals surface area contributed by atoms with Crippen LogP contribution in [0.1, 0.15) is 43.4 Å². The highest BCUT2D eigenvalue weighted by Crippen LogP contribution is 2.29. The number of sulfonamides is 1. The monoisotopic (exact) mass is 645 g/mol. The van der Waals surface area contributed by atoms with Crippen molar-refractivity contribution in [2.45, 2.75) is 57.0 Å². The zero-order valence-electron chi connectivity index (χ0n) is 25.7. The topological polar surface area (TPSA) is 86.8 Å². The Morgan fingerprint density at radius 2 is 1.40 bits per heavy atom. The molecule has 0 heterocycles. The Morgan fingerprint density at radius 1 is 0.800 bits per heavy atom. The number of anilines is 1. The number of halogens is 1. The summed E-state index contributed by atoms with van der Waals surface area (Å²) in [4.78, 5) is 30.0. The quantitative estimate of drug-likeness (QED) is 0.147. The Bertz CT molecular complexity index is 1670. The van der Waals surface area contributed by atoms with Gasteiger partial charge in [0.2, 0.25) is 11.8 Å². The third-order valence-corrected chi connectivity index (χ3v) is 9.79. The summed E-state index contributed by atoms with van der Waals surface area (Å²) in [7, 11) is -4.16. The van der Waals surface area contributed by atoms with E-state index in [1.54, 1.807) is 42.5 Å². The third kappa shape index (κ3) is 8.74. The van der Waals surface area contributed by atoms with Gasteiger partial charge in [-0.05, 0) is 53.8 Å². The molecule has 0 aliphatic rings. The fourth-order valence-corrected chi connectivity index (χ4v) is 6.82. The molecule has 0 saturated heterocycles. The van der Waals surface area contributed by atoms with Crippen molar-refractivity contribution in [1.82, 2.24) is 10.2 Å². The van der Waals surface area contributed by atoms with Crippen molar-refractivity contribution in [2.24, 2.45) is 0 Å². The maximum atomic E-state index is 14.6. The zero-order chi connectivity index (χ0) is 32.2. The summed E-state index contributed by atoms with van der Waals surface area (Å²) in [6, 6.07) is 31.0. The van der Waals surface area contributed by atoms with Crippen molar-refractivity contribution in [3.63, 3.8) is 0 Å². The number of carbonyl (C=O) groups is 2. The predicted octanol–water partition coefficient (Wildman–Crippen LogP) is 6.65. The van der Waals surface area contributed by atoms with Crippen LogP contribution in [-0.4, -0.2) is 44.3 Å². The van der Waals surface area contributed by atoms with Gasteiger partial charge < -0.3 is 10.2 Å². The highest BCUT2D eigenvalue weighted by atomic mass is 35.5. The number of unbranched alkanes of at least 4 members (excludes halogenated alkanes) is 1. The zero-order valence-corrected chi connectivity index (χ0v) is 27.3. The summed E-state index contributed by atoms with van der Waals surface area (Å²) in [5.41, 5.74) is 2.72. The molecule has 2 amide bonds. The highest BCUT2D eigenvalue weighted by Gasteiger charge is 2.35. The smallest absolute Gasteiger partial charge is 0.264 e. The molecule has 0 aliphatic heterocycles. The van der Waals surface area contributed by atoms with E-state index in [0.29, 0.717) is 29.2 Å². The van der Waals surface area contributed by atoms with Crippen LogP contribution in [-0.2, 0) is 39.0 Å². The second kappa shape index (κ2) is 16.3. The molecule has 0 aromatic heterocycles. The second-order valence-corrected chi connectivity index (χ2v) is 13.0. The Morgan fingerprint density at radius 3 is 2.04 bits per heavy atom. The van der Waals surface area contributed by atoms with Gasteiger partial charge in [0.15, 0.2) is 0 Å². The van der Waals surface area contributed by atoms with Gasteiger partial charge in [-0.3, -0.25) is 13.9 Å². The van der Waals surface area contributed by atoms with Crippen molar-refractivity contribution >= 4 is 39.1 Å². The van der Waals surface area contributed by atoms with E-state index in [4.69, 9.17) is 11.6 Å². The summed E-state index contributed by atoms with van der Waals surface area (Å²) in [5.74, 6) is -0.828. The average Bonchev–Trinajstić information content (AvgIpc) is 3.06. The Balaban J connectivity index is 1.82. The molecule has 0 aliphatic carbocycles. The Hall–Kier alpha value is -4.14. The fraction of sp³-hybridized carbons (Fsp3) is 0.278. The molecule has 0 spiro atoms. The molecule has 0 saturated carbocycles. The van der Waals surface area contributed by atoms with Gasteiger partial charge in [-0.2, -0.15) is 0 Å². The van der Waals surface area contributed by atoms with Crippen molar-refractivity contribution in [3.8, 4) is 0 Å². The molecule has 0 radical (unpaired) electrons. The SMILES string of the molecule is CCCCNC(=O)[C@@H](Cc1ccccc1)N(Cc1ccccc1Cl)C(=O)CN(c1ccccc1CC)S(=O)(=O)c1ccccc1. The minimum atomic E-state index is -4.16. The van der Waals surface area contributed by atoms with Crippen LogP contribution in [0.25, 0.3) is 0 Å². The number of para-hydroxylation sites is 1. The van der Waals surface area contributed by atoms with Crippen molar-refractivity contribution in [2.75, 3.05) is 17.4 Å². The van der Waals surface area contributed by atoms with Gasteiger partial charge in [0, 0.05) is 24.5 Å². The summed E-state index contributed by atoms with van der Waals surface area (Å²) in [5, 5.41) is 3.45. The van der Waals surface area contributed by atoms with Gasteiger partial charge in [0.1, 0.15) is 12.6 Å². The van der Waals surface area contributed by atoms with Crippen LogP contribution in [0.15, 0.2) is 114 Å². The van der Waals surface area contributed by atoms with Gasteiger partial charge in [-0.15, -0.1) is 0 Å². The number of hydrogen-bond donors (Lipinski definition) is 1. The number of hydrogen-bond acceptors (Lipinski definition) is 4. The van der Waals surface area contributed by atoms with Crippen LogP contribution in [0, 0.1) is 0 Å². The molecule has 4 rings (SSSR count). The Kier molecular flexibility index (Phi) is 12.2. The summed E-state index contributed by atoms with van der Waals surface area (Å²) < 4.78 is 29.6. The van der Waals surface area contributed by atoms with E-state index in [-0.39, 0.29) is 23.8 Å². The van der Waals surface area contributed by atoms with Crippen molar-refractivity contribution < 1.29 is 18.0 Å². The van der Waals surface area contributed by atoms with E-state index in [2.05, 4.69) is 5.32 Å². The molecule has 4 aromatic rings. The van der Waals surface area contributed by atoms with Gasteiger partial charge in [0.25, 0.3) is 10.0 Å². The normalized spacial score (nSPS) is 11.9. The lowest BCUT2D eigenvalue weighted by Gasteiger charge is -2.34. The van der Waals surface area contributed by atoms with E-state index < -0.39 is 28.5 Å². The van der Waals surface area contributed by atoms with Crippen LogP contribution in [0.2, 0.25) is 5.02 Å². The van der Waals surface area contributed by atoms with Gasteiger partial charge in [0.05, 0.1) is 10.6 Å². The first-order chi connectivity index (χ1) is 21.8. The number of benzene rings is 4. The van der Waals surface area contributed by atoms with Crippen LogP contribution < -0.4 is 9.62 Å². The summed E-state index contributed by atoms with van der Waals surface area (Å²) in [6.45, 7) is 3.95. The lowest BCUT2D eigenvalue weighted by Crippen LogP contribution is -2.53. The average molecular weight is 646 g/mol. The summed E-state index contributed by atoms with van der Waals surface area (Å²) >= 11 is 6.57. The summed E-state index contributed by atoms with van der Waals surface area (Å²) in [6.07, 6.45) is 2.49. The third-order valence-electron chi connectivity index (χ3n) is 7.65. The van der Waals surface area contributed by atoms with Crippen LogP contribution in [0.3, 0.4) is 0 Å². The predicted molar refractivity (Wildman–Crippen MR) is 181 cm³/mol. The second-order valence-electron chi connectivity index (χ2n) is 10.8. The van der Waals surface area contributed by atoms with Gasteiger partial charge in [-0.25, -0.2) is 8.42 Å². The lowest BCUT2D eigenvalue weighted by molar-refractivity contribution is -0.140. The maximum Gasteiger partial charge on any atom is 0.264 e. The molecule has 0 fully saturated rings. The largest absolute Gasteiger partial charge is 0.354 e. The van der Waals surface area contributed by atoms with Gasteiger partial charge in [-0.1, -0.05) is 117 Å². The Labute approximate surface area is 271 Å². The van der Waals surface area contributed by atoms with E-state index in [9.17, 15) is 18.0 Å². The number of nitrogens with zero attached hydrogens (tertiary/aromatic N) is 2. The van der Waals surface area contributed by atoms with Gasteiger partial charge >= 0.3 is 0 Å². The molecule has 7 nitrogen and oxygen atoms in total. The number of amides is 2. The lowest BCUT2D eigenvalue weighted by atomic mass is 10.0. The number of carbonyl (C=O) groups excluding carboxylic acids is 2. The molecule has 0 unspecified atom stereocenters. The number of rotatable bonds is 15. The molecule has 1 atom stereocenters. The molecule has 236 valence electrons. The van der Waals surface area contributed by atoms with Crippen LogP contribution in [0.4, 0.5) is 5.69 Å². The molecule has 4 aromatic carbocycles. The first-order valence-corrected chi connectivity index (χ1v) is 17.1. The van der Waals surface area contributed by atoms with E-state index in [0.717, 1.165) is 28.3 Å². The molecule has 9 heteroatoms. The minimum absolute atomic E-state index is 0.0197. The van der Waals surface area contributed by atoms with Crippen molar-refractivity contribution in [1.29, 1.82) is 0 Å². The van der Waals surface area contributed by atoms with Crippen molar-refractivity contribution in [3.05, 3.63) is 131 Å². The minimum Gasteiger partial charge on any atom is -0.354 e. The molecular weight excluding hydrogens is 606 g/mol. The molecule has 1 N–H and O–H groups in total. The number of aryl methyl sites for hydroxylation is 1. The molecular formula is C36H40ClN3O4S. The highest BCUT2D eigenvalue weighted by molar-refractivity contribution is 7.92. The maximum absolute atomic E-state index is 14.6. The van der Waals surface area contributed by atoms with Crippen LogP contribution in [0.5, 0.6) is 0 Å². The fourth-order valence-electron chi connectivity index (χ4n) is 5.16. The van der Waals surface area contributed by atoms with Crippen LogP contribution >= 0.6 is 11.6 Å². The first kappa shape index (κ1) is 33.7. The molecule has 45 heavy (non-hydrogen) atoms. The van der Waals surface area contributed by atoms with E-state index >= 15 is 0 Å².